The molecule has 3 aliphatic rings. The van der Waals surface area contributed by atoms with Gasteiger partial charge in [-0.15, -0.1) is 0 Å². The number of alkyl halides is 3. The highest BCUT2D eigenvalue weighted by molar-refractivity contribution is 6.36. The lowest BCUT2D eigenvalue weighted by Gasteiger charge is -2.50. The molecule has 11 nitrogen and oxygen atoms in total. The van der Waals surface area contributed by atoms with E-state index in [4.69, 9.17) is 42.3 Å². The minimum atomic E-state index is -4.90. The molecule has 3 aliphatic heterocycles. The predicted molar refractivity (Wildman–Crippen MR) is 167 cm³/mol. The number of benzene rings is 1. The van der Waals surface area contributed by atoms with Gasteiger partial charge >= 0.3 is 12.2 Å². The second kappa shape index (κ2) is 11.8. The summed E-state index contributed by atoms with van der Waals surface area (Å²) in [6, 6.07) is 4.40. The van der Waals surface area contributed by atoms with Gasteiger partial charge in [0, 0.05) is 30.4 Å². The highest BCUT2D eigenvalue weighted by Gasteiger charge is 2.42. The fourth-order valence-corrected chi connectivity index (χ4v) is 7.09. The highest BCUT2D eigenvalue weighted by Crippen LogP contribution is 2.51. The van der Waals surface area contributed by atoms with Crippen LogP contribution in [0, 0.1) is 12.7 Å². The van der Waals surface area contributed by atoms with Crippen molar-refractivity contribution in [3.05, 3.63) is 51.9 Å². The molecule has 2 fully saturated rings. The van der Waals surface area contributed by atoms with Crippen molar-refractivity contribution in [2.45, 2.75) is 44.6 Å². The lowest BCUT2D eigenvalue weighted by Crippen LogP contribution is -2.63. The van der Waals surface area contributed by atoms with Gasteiger partial charge < -0.3 is 30.6 Å². The van der Waals surface area contributed by atoms with Crippen LogP contribution in [0.25, 0.3) is 22.2 Å². The number of pyridine rings is 2. The molecule has 6 heterocycles. The first-order valence-electron chi connectivity index (χ1n) is 15.1. The van der Waals surface area contributed by atoms with Crippen molar-refractivity contribution >= 4 is 40.0 Å². The number of aryl methyl sites for hydroxylation is 1. The lowest BCUT2D eigenvalue weighted by atomic mass is 9.93. The molecule has 248 valence electrons. The first kappa shape index (κ1) is 31.4. The second-order valence-corrected chi connectivity index (χ2v) is 12.2. The summed E-state index contributed by atoms with van der Waals surface area (Å²) in [5.74, 6) is -0.971. The van der Waals surface area contributed by atoms with Crippen LogP contribution < -0.4 is 25.8 Å². The Kier molecular flexibility index (Phi) is 7.88. The molecule has 4 aromatic rings. The maximum Gasteiger partial charge on any atom is 0.418 e. The largest absolute Gasteiger partial charge is 0.489 e. The van der Waals surface area contributed by atoms with E-state index in [9.17, 15) is 13.2 Å². The number of fused-ring (bicyclic) bond motifs is 1. The van der Waals surface area contributed by atoms with E-state index in [0.717, 1.165) is 19.0 Å². The Hall–Kier alpha value is -4.21. The molecule has 0 spiro atoms. The average molecular weight is 675 g/mol. The van der Waals surface area contributed by atoms with Gasteiger partial charge in [-0.2, -0.15) is 23.1 Å². The van der Waals surface area contributed by atoms with Crippen molar-refractivity contribution < 1.29 is 31.8 Å². The molecule has 0 aliphatic carbocycles. The van der Waals surface area contributed by atoms with Crippen LogP contribution in [0.5, 0.6) is 11.8 Å². The summed E-state index contributed by atoms with van der Waals surface area (Å²) in [5.41, 5.74) is 9.60. The van der Waals surface area contributed by atoms with Crippen LogP contribution in [0.1, 0.15) is 36.1 Å². The number of rotatable bonds is 6. The fraction of sp³-hybridized carbons (Fsp3) is 0.419. The van der Waals surface area contributed by atoms with Gasteiger partial charge in [0.05, 0.1) is 53.0 Å². The standard InChI is InChI=1S/C31H31ClF4N8O3/c1-14-10-19(37)40-25(22(14)31(34,35)36)20-23(32)27-21-26(24(20)33)41-30(47-13-17-11-16-12-45-8-6-44(16)17)42-29(21)43(7-9-46-27)15(2)18-4-3-5-39-28(18)38/h3-5,10,15-17H,6-9,11-13H2,1-2H3,(H2,37,40)(H2,38,39)/t15-,16+,17+/m1/s1. The molecular formula is C31H31ClF4N8O3. The van der Waals surface area contributed by atoms with Crippen LogP contribution in [0.3, 0.4) is 0 Å². The monoisotopic (exact) mass is 674 g/mol. The van der Waals surface area contributed by atoms with E-state index < -0.39 is 39.9 Å². The summed E-state index contributed by atoms with van der Waals surface area (Å²) in [7, 11) is 0. The van der Waals surface area contributed by atoms with Gasteiger partial charge in [-0.3, -0.25) is 4.90 Å². The molecular weight excluding hydrogens is 644 g/mol. The quantitative estimate of drug-likeness (QED) is 0.262. The van der Waals surface area contributed by atoms with E-state index in [2.05, 4.69) is 19.9 Å². The molecule has 0 radical (unpaired) electrons. The Balaban J connectivity index is 1.42. The maximum absolute atomic E-state index is 16.9. The van der Waals surface area contributed by atoms with Gasteiger partial charge in [0.1, 0.15) is 36.2 Å². The summed E-state index contributed by atoms with van der Waals surface area (Å²) in [6.45, 7) is 5.57. The summed E-state index contributed by atoms with van der Waals surface area (Å²) >= 11 is 6.77. The smallest absolute Gasteiger partial charge is 0.418 e. The van der Waals surface area contributed by atoms with Gasteiger partial charge in [0.2, 0.25) is 0 Å². The van der Waals surface area contributed by atoms with Crippen LogP contribution in [0.4, 0.5) is 35.0 Å². The third-order valence-corrected chi connectivity index (χ3v) is 9.39. The fourth-order valence-electron chi connectivity index (χ4n) is 6.77. The minimum Gasteiger partial charge on any atom is -0.489 e. The highest BCUT2D eigenvalue weighted by atomic mass is 35.5. The van der Waals surface area contributed by atoms with Crippen LogP contribution in [0.2, 0.25) is 5.02 Å². The van der Waals surface area contributed by atoms with Gasteiger partial charge in [0.25, 0.3) is 0 Å². The van der Waals surface area contributed by atoms with Crippen molar-refractivity contribution in [2.75, 3.05) is 55.9 Å². The zero-order chi connectivity index (χ0) is 33.2. The summed E-state index contributed by atoms with van der Waals surface area (Å²) in [5, 5.41) is -0.346. The van der Waals surface area contributed by atoms with E-state index in [0.29, 0.717) is 30.6 Å². The number of morpholine rings is 1. The Labute approximate surface area is 271 Å². The number of nitrogens with zero attached hydrogens (tertiary/aromatic N) is 6. The number of ether oxygens (including phenoxy) is 3. The molecule has 47 heavy (non-hydrogen) atoms. The number of nitrogens with two attached hydrogens (primary N) is 2. The van der Waals surface area contributed by atoms with Gasteiger partial charge in [-0.25, -0.2) is 14.4 Å². The van der Waals surface area contributed by atoms with Crippen molar-refractivity contribution in [1.82, 2.24) is 24.8 Å². The summed E-state index contributed by atoms with van der Waals surface area (Å²) in [6.07, 6.45) is -2.49. The van der Waals surface area contributed by atoms with Crippen molar-refractivity contribution in [3.63, 3.8) is 0 Å². The van der Waals surface area contributed by atoms with Gasteiger partial charge in [-0.1, -0.05) is 17.7 Å². The van der Waals surface area contributed by atoms with Crippen molar-refractivity contribution in [3.8, 4) is 23.0 Å². The SMILES string of the molecule is Cc1cc(N)nc(-c2c(Cl)c3c4c(nc(OC[C@@H]5C[C@H]6COCCN65)nc4c2F)N([C@H](C)c2cccnc2N)CCO3)c1C(F)(F)F. The molecule has 0 amide bonds. The minimum absolute atomic E-state index is 0.0208. The number of hydrogen-bond acceptors (Lipinski definition) is 11. The first-order valence-corrected chi connectivity index (χ1v) is 15.4. The molecule has 4 N–H and O–H groups in total. The maximum atomic E-state index is 16.9. The third-order valence-electron chi connectivity index (χ3n) is 9.03. The Bertz CT molecular complexity index is 1880. The molecule has 2 saturated heterocycles. The van der Waals surface area contributed by atoms with Crippen molar-refractivity contribution in [1.29, 1.82) is 0 Å². The molecule has 3 atom stereocenters. The molecule has 0 bridgehead atoms. The van der Waals surface area contributed by atoms with Crippen LogP contribution in [-0.2, 0) is 10.9 Å². The molecule has 16 heteroatoms. The van der Waals surface area contributed by atoms with E-state index in [1.54, 1.807) is 12.3 Å². The van der Waals surface area contributed by atoms with E-state index >= 15 is 4.39 Å². The Morgan fingerprint density at radius 3 is 2.72 bits per heavy atom. The number of halogens is 5. The number of anilines is 3. The third kappa shape index (κ3) is 5.39. The van der Waals surface area contributed by atoms with Crippen LogP contribution in [-0.4, -0.2) is 76.4 Å². The molecule has 7 rings (SSSR count). The number of hydrogen-bond donors (Lipinski definition) is 2. The van der Waals surface area contributed by atoms with E-state index in [1.807, 2.05) is 17.9 Å². The van der Waals surface area contributed by atoms with Gasteiger partial charge in [0.15, 0.2) is 11.6 Å². The molecule has 1 aromatic carbocycles. The molecule has 0 saturated carbocycles. The second-order valence-electron chi connectivity index (χ2n) is 11.8. The predicted octanol–water partition coefficient (Wildman–Crippen LogP) is 5.18. The molecule has 3 aromatic heterocycles. The average Bonchev–Trinajstić information content (AvgIpc) is 3.19. The summed E-state index contributed by atoms with van der Waals surface area (Å²) in [4.78, 5) is 21.4. The topological polar surface area (TPSA) is 138 Å². The number of nitrogen functional groups attached to an aromatic ring is 2. The Morgan fingerprint density at radius 1 is 1.17 bits per heavy atom. The van der Waals surface area contributed by atoms with Crippen LogP contribution in [0.15, 0.2) is 24.4 Å². The van der Waals surface area contributed by atoms with Gasteiger partial charge in [-0.05, 0) is 38.0 Å². The Morgan fingerprint density at radius 2 is 1.98 bits per heavy atom. The van der Waals surface area contributed by atoms with Crippen molar-refractivity contribution in [2.24, 2.45) is 0 Å². The lowest BCUT2D eigenvalue weighted by molar-refractivity contribution is -0.137. The zero-order valence-electron chi connectivity index (χ0n) is 25.4. The van der Waals surface area contributed by atoms with E-state index in [1.165, 1.54) is 6.92 Å². The molecule has 0 unspecified atom stereocenters. The summed E-state index contributed by atoms with van der Waals surface area (Å²) < 4.78 is 77.8. The normalized spacial score (nSPS) is 20.3. The van der Waals surface area contributed by atoms with E-state index in [-0.39, 0.29) is 65.7 Å². The first-order chi connectivity index (χ1) is 22.4. The number of aromatic nitrogens is 4. The van der Waals surface area contributed by atoms with Crippen LogP contribution >= 0.6 is 11.6 Å². The zero-order valence-corrected chi connectivity index (χ0v) is 26.2.